The van der Waals surface area contributed by atoms with E-state index in [-0.39, 0.29) is 12.5 Å². The number of hydrogen-bond acceptors (Lipinski definition) is 4. The van der Waals surface area contributed by atoms with E-state index >= 15 is 0 Å². The Labute approximate surface area is 130 Å². The number of methoxy groups -OCH3 is 1. The van der Waals surface area contributed by atoms with E-state index in [9.17, 15) is 4.79 Å². The predicted molar refractivity (Wildman–Crippen MR) is 83.6 cm³/mol. The lowest BCUT2D eigenvalue weighted by molar-refractivity contribution is -0.126. The number of amides is 1. The van der Waals surface area contributed by atoms with E-state index in [1.807, 2.05) is 17.0 Å². The highest BCUT2D eigenvalue weighted by atomic mass is 16.5. The van der Waals surface area contributed by atoms with E-state index in [1.54, 1.807) is 31.4 Å². The van der Waals surface area contributed by atoms with Crippen molar-refractivity contribution >= 4 is 12.0 Å². The summed E-state index contributed by atoms with van der Waals surface area (Å²) in [5, 5.41) is 8.55. The Morgan fingerprint density at radius 2 is 2.09 bits per heavy atom. The van der Waals surface area contributed by atoms with Crippen LogP contribution in [0, 0.1) is 11.3 Å². The van der Waals surface area contributed by atoms with Gasteiger partial charge in [0.25, 0.3) is 0 Å². The highest BCUT2D eigenvalue weighted by molar-refractivity contribution is 5.91. The van der Waals surface area contributed by atoms with E-state index in [2.05, 4.69) is 0 Å². The van der Waals surface area contributed by atoms with Crippen molar-refractivity contribution in [1.82, 2.24) is 4.90 Å². The zero-order valence-electron chi connectivity index (χ0n) is 12.7. The molecule has 116 valence electrons. The van der Waals surface area contributed by atoms with Gasteiger partial charge in [-0.25, -0.2) is 0 Å². The largest absolute Gasteiger partial charge is 0.493 e. The highest BCUT2D eigenvalue weighted by Gasteiger charge is 2.13. The fourth-order valence-corrected chi connectivity index (χ4v) is 2.40. The zero-order chi connectivity index (χ0) is 15.8. The minimum absolute atomic E-state index is 0.0288. The summed E-state index contributed by atoms with van der Waals surface area (Å²) in [4.78, 5) is 14.0. The molecule has 0 radical (unpaired) electrons. The van der Waals surface area contributed by atoms with Gasteiger partial charge in [0.15, 0.2) is 18.1 Å². The molecule has 5 heteroatoms. The molecule has 1 aromatic carbocycles. The van der Waals surface area contributed by atoms with Gasteiger partial charge in [-0.05, 0) is 43.0 Å². The third kappa shape index (κ3) is 4.26. The number of hydrogen-bond donors (Lipinski definition) is 0. The summed E-state index contributed by atoms with van der Waals surface area (Å²) in [6.07, 6.45) is 6.73. The van der Waals surface area contributed by atoms with Crippen LogP contribution in [0.25, 0.3) is 6.08 Å². The molecule has 0 aromatic heterocycles. The Bertz CT molecular complexity index is 584. The summed E-state index contributed by atoms with van der Waals surface area (Å²) in [5.41, 5.74) is 0.853. The Balaban J connectivity index is 2.04. The summed E-state index contributed by atoms with van der Waals surface area (Å²) in [6.45, 7) is 1.65. The quantitative estimate of drug-likeness (QED) is 0.784. The molecule has 22 heavy (non-hydrogen) atoms. The van der Waals surface area contributed by atoms with Gasteiger partial charge in [0.2, 0.25) is 5.91 Å². The number of ether oxygens (including phenoxy) is 2. The van der Waals surface area contributed by atoms with Gasteiger partial charge in [-0.3, -0.25) is 4.79 Å². The molecule has 0 bridgehead atoms. The third-order valence-corrected chi connectivity index (χ3v) is 3.57. The Hall–Kier alpha value is -2.48. The van der Waals surface area contributed by atoms with E-state index < -0.39 is 0 Å². The van der Waals surface area contributed by atoms with Crippen molar-refractivity contribution in [3.05, 3.63) is 29.8 Å². The van der Waals surface area contributed by atoms with Crippen LogP contribution in [0.1, 0.15) is 24.8 Å². The minimum atomic E-state index is -0.0288. The smallest absolute Gasteiger partial charge is 0.246 e. The molecular formula is C17H20N2O3. The number of nitriles is 1. The van der Waals surface area contributed by atoms with Gasteiger partial charge in [0, 0.05) is 19.2 Å². The summed E-state index contributed by atoms with van der Waals surface area (Å²) < 4.78 is 10.5. The lowest BCUT2D eigenvalue weighted by Crippen LogP contribution is -2.34. The molecule has 0 unspecified atom stereocenters. The number of likely N-dealkylation sites (tertiary alicyclic amines) is 1. The monoisotopic (exact) mass is 300 g/mol. The topological polar surface area (TPSA) is 62.6 Å². The second-order valence-corrected chi connectivity index (χ2v) is 5.08. The first kappa shape index (κ1) is 15.9. The van der Waals surface area contributed by atoms with E-state index in [0.717, 1.165) is 31.5 Å². The first-order valence-electron chi connectivity index (χ1n) is 7.39. The van der Waals surface area contributed by atoms with Crippen LogP contribution in [0.2, 0.25) is 0 Å². The summed E-state index contributed by atoms with van der Waals surface area (Å²) in [6, 6.07) is 7.27. The Kier molecular flexibility index (Phi) is 5.84. The molecule has 0 N–H and O–H groups in total. The fraction of sp³-hybridized carbons (Fsp3) is 0.412. The van der Waals surface area contributed by atoms with Gasteiger partial charge < -0.3 is 14.4 Å². The van der Waals surface area contributed by atoms with Gasteiger partial charge in [-0.2, -0.15) is 5.26 Å². The molecule has 0 atom stereocenters. The summed E-state index contributed by atoms with van der Waals surface area (Å²) in [5.74, 6) is 1.11. The van der Waals surface area contributed by atoms with Crippen molar-refractivity contribution in [1.29, 1.82) is 5.26 Å². The zero-order valence-corrected chi connectivity index (χ0v) is 12.7. The molecule has 0 spiro atoms. The molecule has 1 aromatic rings. The molecule has 1 aliphatic heterocycles. The van der Waals surface area contributed by atoms with Crippen molar-refractivity contribution in [3.63, 3.8) is 0 Å². The predicted octanol–water partition coefficient (Wildman–Crippen LogP) is 2.62. The van der Waals surface area contributed by atoms with E-state index in [4.69, 9.17) is 14.7 Å². The SMILES string of the molecule is COc1cc(/C=C/C(=O)N2CCCCC2)ccc1OCC#N. The summed E-state index contributed by atoms with van der Waals surface area (Å²) >= 11 is 0. The maximum absolute atomic E-state index is 12.1. The summed E-state index contributed by atoms with van der Waals surface area (Å²) in [7, 11) is 1.54. The van der Waals surface area contributed by atoms with Gasteiger partial charge in [-0.1, -0.05) is 6.07 Å². The molecule has 1 aliphatic rings. The molecule has 1 heterocycles. The van der Waals surface area contributed by atoms with Gasteiger partial charge in [-0.15, -0.1) is 0 Å². The van der Waals surface area contributed by atoms with Gasteiger partial charge in [0.05, 0.1) is 7.11 Å². The first-order chi connectivity index (χ1) is 10.7. The molecule has 1 fully saturated rings. The minimum Gasteiger partial charge on any atom is -0.493 e. The van der Waals surface area contributed by atoms with Crippen LogP contribution < -0.4 is 9.47 Å². The number of piperidine rings is 1. The molecule has 2 rings (SSSR count). The second kappa shape index (κ2) is 8.08. The van der Waals surface area contributed by atoms with Crippen molar-refractivity contribution in [2.45, 2.75) is 19.3 Å². The highest BCUT2D eigenvalue weighted by Crippen LogP contribution is 2.28. The molecular weight excluding hydrogens is 280 g/mol. The Morgan fingerprint density at radius 1 is 1.32 bits per heavy atom. The van der Waals surface area contributed by atoms with Crippen LogP contribution in [0.5, 0.6) is 11.5 Å². The fourth-order valence-electron chi connectivity index (χ4n) is 2.40. The third-order valence-electron chi connectivity index (χ3n) is 3.57. The lowest BCUT2D eigenvalue weighted by atomic mass is 10.1. The first-order valence-corrected chi connectivity index (χ1v) is 7.39. The Morgan fingerprint density at radius 3 is 2.77 bits per heavy atom. The lowest BCUT2D eigenvalue weighted by Gasteiger charge is -2.25. The number of rotatable bonds is 5. The average molecular weight is 300 g/mol. The molecule has 5 nitrogen and oxygen atoms in total. The standard InChI is InChI=1S/C17H20N2O3/c1-21-16-13-14(5-7-15(16)22-12-9-18)6-8-17(20)19-10-3-2-4-11-19/h5-8,13H,2-4,10-12H2,1H3/b8-6+. The second-order valence-electron chi connectivity index (χ2n) is 5.08. The van der Waals surface area contributed by atoms with Crippen LogP contribution in [0.3, 0.4) is 0 Å². The molecule has 0 aliphatic carbocycles. The van der Waals surface area contributed by atoms with Crippen LogP contribution in [-0.2, 0) is 4.79 Å². The normalized spacial score (nSPS) is 14.6. The van der Waals surface area contributed by atoms with Crippen LogP contribution in [0.4, 0.5) is 0 Å². The average Bonchev–Trinajstić information content (AvgIpc) is 2.58. The number of carbonyl (C=O) groups is 1. The van der Waals surface area contributed by atoms with Crippen molar-refractivity contribution in [2.75, 3.05) is 26.8 Å². The van der Waals surface area contributed by atoms with Crippen molar-refractivity contribution in [3.8, 4) is 17.6 Å². The number of benzene rings is 1. The van der Waals surface area contributed by atoms with Gasteiger partial charge in [0.1, 0.15) is 6.07 Å². The molecule has 1 saturated heterocycles. The van der Waals surface area contributed by atoms with Crippen LogP contribution in [-0.4, -0.2) is 37.6 Å². The van der Waals surface area contributed by atoms with E-state index in [1.165, 1.54) is 6.42 Å². The maximum Gasteiger partial charge on any atom is 0.246 e. The van der Waals surface area contributed by atoms with Crippen molar-refractivity contribution in [2.24, 2.45) is 0 Å². The van der Waals surface area contributed by atoms with Gasteiger partial charge >= 0.3 is 0 Å². The maximum atomic E-state index is 12.1. The molecule has 1 amide bonds. The number of nitrogens with zero attached hydrogens (tertiary/aromatic N) is 2. The molecule has 0 saturated carbocycles. The van der Waals surface area contributed by atoms with Crippen molar-refractivity contribution < 1.29 is 14.3 Å². The van der Waals surface area contributed by atoms with Crippen LogP contribution >= 0.6 is 0 Å². The van der Waals surface area contributed by atoms with Crippen LogP contribution in [0.15, 0.2) is 24.3 Å². The number of carbonyl (C=O) groups excluding carboxylic acids is 1. The van der Waals surface area contributed by atoms with E-state index in [0.29, 0.717) is 11.5 Å².